The van der Waals surface area contributed by atoms with Crippen LogP contribution in [-0.4, -0.2) is 0 Å². The normalized spacial score (nSPS) is 11.4. The monoisotopic (exact) mass is 274 g/mol. The van der Waals surface area contributed by atoms with E-state index < -0.39 is 33.4 Å². The van der Waals surface area contributed by atoms with Crippen molar-refractivity contribution in [3.63, 3.8) is 0 Å². The minimum atomic E-state index is -4.87. The van der Waals surface area contributed by atoms with Gasteiger partial charge < -0.3 is 4.74 Å². The van der Waals surface area contributed by atoms with Gasteiger partial charge in [-0.15, -0.1) is 0 Å². The molecule has 1 nitrogen and oxygen atoms in total. The fourth-order valence-electron chi connectivity index (χ4n) is 0.976. The van der Waals surface area contributed by atoms with E-state index in [4.69, 9.17) is 23.2 Å². The van der Waals surface area contributed by atoms with E-state index in [2.05, 4.69) is 11.3 Å². The third-order valence-electron chi connectivity index (χ3n) is 1.62. The van der Waals surface area contributed by atoms with E-state index in [1.807, 2.05) is 0 Å². The summed E-state index contributed by atoms with van der Waals surface area (Å²) in [5.74, 6) is -2.03. The first-order chi connectivity index (χ1) is 7.29. The Bertz CT molecular complexity index is 428. The zero-order chi connectivity index (χ0) is 12.5. The molecule has 0 radical (unpaired) electrons. The third-order valence-corrected chi connectivity index (χ3v) is 2.24. The van der Waals surface area contributed by atoms with Crippen molar-refractivity contribution in [1.82, 2.24) is 0 Å². The number of benzene rings is 1. The second kappa shape index (κ2) is 4.51. The molecule has 88 valence electrons. The molecule has 0 aliphatic heterocycles. The van der Waals surface area contributed by atoms with Gasteiger partial charge >= 0.3 is 6.18 Å². The quantitative estimate of drug-likeness (QED) is 0.433. The fourth-order valence-corrected chi connectivity index (χ4v) is 1.52. The number of hydrogen-bond acceptors (Lipinski definition) is 1. The van der Waals surface area contributed by atoms with Gasteiger partial charge in [-0.25, -0.2) is 4.39 Å². The van der Waals surface area contributed by atoms with Crippen LogP contribution in [-0.2, 0) is 6.18 Å². The van der Waals surface area contributed by atoms with Gasteiger partial charge in [0, 0.05) is 0 Å². The lowest BCUT2D eigenvalue weighted by atomic mass is 10.2. The summed E-state index contributed by atoms with van der Waals surface area (Å²) in [6.45, 7) is 3.15. The third kappa shape index (κ3) is 2.41. The molecule has 0 aromatic heterocycles. The number of ether oxygens (including phenoxy) is 1. The second-order valence-corrected chi connectivity index (χ2v) is 3.43. The van der Waals surface area contributed by atoms with Gasteiger partial charge in [-0.2, -0.15) is 13.2 Å². The van der Waals surface area contributed by atoms with Gasteiger partial charge in [-0.3, -0.25) is 0 Å². The van der Waals surface area contributed by atoms with E-state index in [1.54, 1.807) is 0 Å². The van der Waals surface area contributed by atoms with E-state index in [1.165, 1.54) is 0 Å². The zero-order valence-corrected chi connectivity index (χ0v) is 9.05. The highest BCUT2D eigenvalue weighted by Crippen LogP contribution is 2.42. The van der Waals surface area contributed by atoms with Gasteiger partial charge in [0.1, 0.15) is 5.02 Å². The maximum absolute atomic E-state index is 13.2. The van der Waals surface area contributed by atoms with Gasteiger partial charge in [-0.1, -0.05) is 29.8 Å². The van der Waals surface area contributed by atoms with Crippen molar-refractivity contribution in [2.24, 2.45) is 0 Å². The van der Waals surface area contributed by atoms with E-state index in [-0.39, 0.29) is 0 Å². The Balaban J connectivity index is 3.45. The summed E-state index contributed by atoms with van der Waals surface area (Å²) in [6.07, 6.45) is -4.00. The van der Waals surface area contributed by atoms with Crippen LogP contribution < -0.4 is 4.74 Å². The summed E-state index contributed by atoms with van der Waals surface area (Å²) in [6, 6.07) is 0.404. The van der Waals surface area contributed by atoms with Crippen molar-refractivity contribution < 1.29 is 22.3 Å². The Labute approximate surface area is 98.2 Å². The molecule has 0 heterocycles. The summed E-state index contributed by atoms with van der Waals surface area (Å²) < 4.78 is 54.8. The van der Waals surface area contributed by atoms with E-state index >= 15 is 0 Å². The van der Waals surface area contributed by atoms with Crippen molar-refractivity contribution in [3.05, 3.63) is 40.3 Å². The molecule has 7 heteroatoms. The van der Waals surface area contributed by atoms with Crippen LogP contribution in [0, 0.1) is 5.82 Å². The van der Waals surface area contributed by atoms with Crippen molar-refractivity contribution in [3.8, 4) is 5.75 Å². The zero-order valence-electron chi connectivity index (χ0n) is 7.54. The van der Waals surface area contributed by atoms with Crippen LogP contribution in [0.4, 0.5) is 17.6 Å². The van der Waals surface area contributed by atoms with E-state index in [0.29, 0.717) is 6.07 Å². The average Bonchev–Trinajstić information content (AvgIpc) is 2.16. The molecule has 0 aliphatic carbocycles. The topological polar surface area (TPSA) is 9.23 Å². The van der Waals surface area contributed by atoms with Crippen LogP contribution >= 0.6 is 23.2 Å². The fraction of sp³-hybridized carbons (Fsp3) is 0.111. The lowest BCUT2D eigenvalue weighted by Crippen LogP contribution is -2.09. The van der Waals surface area contributed by atoms with Crippen LogP contribution in [0.5, 0.6) is 5.75 Å². The Hall–Kier alpha value is -0.940. The van der Waals surface area contributed by atoms with E-state index in [9.17, 15) is 17.6 Å². The molecule has 16 heavy (non-hydrogen) atoms. The molecule has 0 atom stereocenters. The molecular formula is C9H4Cl2F4O. The SMILES string of the molecule is C=COc1c(Cl)cc(C(F)(F)F)c(F)c1Cl. The molecule has 0 bridgehead atoms. The van der Waals surface area contributed by atoms with Gasteiger partial charge in [0.15, 0.2) is 11.6 Å². The first-order valence-electron chi connectivity index (χ1n) is 3.81. The molecule has 0 saturated heterocycles. The van der Waals surface area contributed by atoms with Crippen LogP contribution in [0.3, 0.4) is 0 Å². The minimum Gasteiger partial charge on any atom is -0.462 e. The highest BCUT2D eigenvalue weighted by atomic mass is 35.5. The van der Waals surface area contributed by atoms with E-state index in [0.717, 1.165) is 6.26 Å². The molecule has 1 aromatic rings. The highest BCUT2D eigenvalue weighted by molar-refractivity contribution is 6.37. The maximum Gasteiger partial charge on any atom is 0.419 e. The minimum absolute atomic E-state index is 0.399. The predicted molar refractivity (Wildman–Crippen MR) is 52.2 cm³/mol. The Morgan fingerprint density at radius 2 is 1.88 bits per heavy atom. The predicted octanol–water partition coefficient (Wildman–Crippen LogP) is 4.67. The number of rotatable bonds is 2. The number of alkyl halides is 3. The van der Waals surface area contributed by atoms with Crippen LogP contribution in [0.15, 0.2) is 18.9 Å². The standard InChI is InChI=1S/C9H4Cl2F4O/c1-2-16-8-5(10)3-4(9(13,14)15)7(12)6(8)11/h2-3H,1H2. The van der Waals surface area contributed by atoms with Gasteiger partial charge in [0.25, 0.3) is 0 Å². The molecule has 0 fully saturated rings. The summed E-state index contributed by atoms with van der Waals surface area (Å²) in [7, 11) is 0. The van der Waals surface area contributed by atoms with Crippen LogP contribution in [0.1, 0.15) is 5.56 Å². The van der Waals surface area contributed by atoms with Crippen LogP contribution in [0.25, 0.3) is 0 Å². The lowest BCUT2D eigenvalue weighted by molar-refractivity contribution is -0.140. The molecule has 0 amide bonds. The molecule has 1 aromatic carbocycles. The van der Waals surface area contributed by atoms with Gasteiger partial charge in [0.05, 0.1) is 16.8 Å². The van der Waals surface area contributed by atoms with Gasteiger partial charge in [-0.05, 0) is 6.07 Å². The molecule has 1 rings (SSSR count). The summed E-state index contributed by atoms with van der Waals surface area (Å²) in [4.78, 5) is 0. The Morgan fingerprint density at radius 3 is 2.31 bits per heavy atom. The summed E-state index contributed by atoms with van der Waals surface area (Å²) in [5, 5.41) is -1.28. The highest BCUT2D eigenvalue weighted by Gasteiger charge is 2.36. The smallest absolute Gasteiger partial charge is 0.419 e. The van der Waals surface area contributed by atoms with Gasteiger partial charge in [0.2, 0.25) is 0 Å². The molecule has 0 unspecified atom stereocenters. The van der Waals surface area contributed by atoms with Crippen LogP contribution in [0.2, 0.25) is 10.0 Å². The maximum atomic E-state index is 13.2. The molecule has 0 aliphatic rings. The van der Waals surface area contributed by atoms with Crippen molar-refractivity contribution in [1.29, 1.82) is 0 Å². The summed E-state index contributed by atoms with van der Waals surface area (Å²) >= 11 is 10.8. The lowest BCUT2D eigenvalue weighted by Gasteiger charge is -2.12. The largest absolute Gasteiger partial charge is 0.462 e. The molecular weight excluding hydrogens is 271 g/mol. The average molecular weight is 275 g/mol. The van der Waals surface area contributed by atoms with Crippen molar-refractivity contribution >= 4 is 23.2 Å². The first-order valence-corrected chi connectivity index (χ1v) is 4.57. The number of hydrogen-bond donors (Lipinski definition) is 0. The Morgan fingerprint density at radius 1 is 1.31 bits per heavy atom. The van der Waals surface area contributed by atoms with Crippen molar-refractivity contribution in [2.45, 2.75) is 6.18 Å². The Kier molecular flexibility index (Phi) is 3.70. The molecule has 0 spiro atoms. The first kappa shape index (κ1) is 13.1. The van der Waals surface area contributed by atoms with Crippen molar-refractivity contribution in [2.75, 3.05) is 0 Å². The molecule has 0 saturated carbocycles. The second-order valence-electron chi connectivity index (χ2n) is 2.65. The summed E-state index contributed by atoms with van der Waals surface area (Å²) in [5.41, 5.74) is -1.54. The molecule has 0 N–H and O–H groups in total. The number of halogens is 6.